The molecule has 7 unspecified atom stereocenters. The van der Waals surface area contributed by atoms with Crippen LogP contribution in [0.2, 0.25) is 0 Å². The summed E-state index contributed by atoms with van der Waals surface area (Å²) in [4.78, 5) is 38.0. The van der Waals surface area contributed by atoms with Gasteiger partial charge in [-0.15, -0.1) is 0 Å². The Labute approximate surface area is 222 Å². The Bertz CT molecular complexity index is 1020. The van der Waals surface area contributed by atoms with E-state index in [-0.39, 0.29) is 46.4 Å². The van der Waals surface area contributed by atoms with E-state index in [0.29, 0.717) is 12.8 Å². The van der Waals surface area contributed by atoms with Crippen molar-refractivity contribution in [3.8, 4) is 0 Å². The molecule has 0 bridgehead atoms. The summed E-state index contributed by atoms with van der Waals surface area (Å²) < 4.78 is 5.19. The van der Waals surface area contributed by atoms with Crippen LogP contribution in [0, 0.1) is 50.2 Å². The van der Waals surface area contributed by atoms with E-state index in [0.717, 1.165) is 38.5 Å². The van der Waals surface area contributed by atoms with E-state index in [1.54, 1.807) is 0 Å². The number of carbonyl (C=O) groups excluding carboxylic acids is 1. The zero-order valence-electron chi connectivity index (χ0n) is 24.2. The average molecular weight is 517 g/mol. The monoisotopic (exact) mass is 516 g/mol. The Balaban J connectivity index is 1.83. The molecule has 0 spiro atoms. The van der Waals surface area contributed by atoms with Gasteiger partial charge >= 0.3 is 17.9 Å². The van der Waals surface area contributed by atoms with Crippen LogP contribution in [-0.4, -0.2) is 35.2 Å². The predicted octanol–water partition coefficient (Wildman–Crippen LogP) is 6.73. The van der Waals surface area contributed by atoms with E-state index in [4.69, 9.17) is 4.74 Å². The van der Waals surface area contributed by atoms with Crippen LogP contribution in [0.25, 0.3) is 0 Å². The van der Waals surface area contributed by atoms with Gasteiger partial charge in [0.25, 0.3) is 0 Å². The molecule has 3 saturated carbocycles. The predicted molar refractivity (Wildman–Crippen MR) is 142 cm³/mol. The van der Waals surface area contributed by atoms with Gasteiger partial charge in [-0.05, 0) is 105 Å². The van der Waals surface area contributed by atoms with Crippen molar-refractivity contribution in [2.75, 3.05) is 7.11 Å². The second-order valence-corrected chi connectivity index (χ2v) is 15.0. The third kappa shape index (κ3) is 3.90. The van der Waals surface area contributed by atoms with Crippen LogP contribution >= 0.6 is 0 Å². The number of allylic oxidation sites excluding steroid dienone is 2. The Hall–Kier alpha value is -1.85. The molecule has 6 nitrogen and oxygen atoms in total. The minimum atomic E-state index is -0.831. The lowest BCUT2D eigenvalue weighted by Crippen LogP contribution is -2.62. The van der Waals surface area contributed by atoms with E-state index >= 15 is 0 Å². The highest BCUT2D eigenvalue weighted by atomic mass is 16.5. The molecular weight excluding hydrogens is 468 g/mol. The number of rotatable bonds is 5. The highest BCUT2D eigenvalue weighted by Gasteiger charge is 2.68. The Morgan fingerprint density at radius 2 is 1.54 bits per heavy atom. The van der Waals surface area contributed by atoms with Gasteiger partial charge in [0, 0.05) is 0 Å². The number of carbonyl (C=O) groups is 3. The summed E-state index contributed by atoms with van der Waals surface area (Å²) in [5, 5.41) is 20.6. The van der Waals surface area contributed by atoms with Crippen LogP contribution in [0.15, 0.2) is 11.6 Å². The van der Waals surface area contributed by atoms with Crippen molar-refractivity contribution in [2.24, 2.45) is 50.2 Å². The molecule has 4 aliphatic carbocycles. The van der Waals surface area contributed by atoms with Gasteiger partial charge in [-0.2, -0.15) is 0 Å². The molecule has 4 rings (SSSR count). The lowest BCUT2D eigenvalue weighted by Gasteiger charge is -2.68. The molecule has 0 aromatic carbocycles. The number of carboxylic acid groups (broad SMARTS) is 2. The summed E-state index contributed by atoms with van der Waals surface area (Å²) >= 11 is 0. The van der Waals surface area contributed by atoms with Gasteiger partial charge in [0.2, 0.25) is 0 Å². The SMILES string of the molecule is COC(=O)C(C)(C)C1CCC2(C)C3=CCC4(C(=O)O)CCC(C)(C)CC4C3(C)CCC2C1(C)CC(=O)O. The molecule has 6 heteroatoms. The standard InChI is InChI=1S/C31H48O6/c1-26(2)15-16-31(24(34)35)14-11-20-28(5)12-9-19(27(3,4)25(36)37-8)30(7,18-23(32)33)21(28)10-13-29(20,6)22(31)17-26/h11,19,21-22H,9-10,12-18H2,1-8H3,(H,32,33)(H,34,35). The maximum absolute atomic E-state index is 12.9. The van der Waals surface area contributed by atoms with Crippen LogP contribution in [0.3, 0.4) is 0 Å². The van der Waals surface area contributed by atoms with E-state index < -0.39 is 28.2 Å². The van der Waals surface area contributed by atoms with Gasteiger partial charge in [0.05, 0.1) is 24.4 Å². The van der Waals surface area contributed by atoms with Crippen molar-refractivity contribution in [3.05, 3.63) is 11.6 Å². The third-order valence-electron chi connectivity index (χ3n) is 12.1. The quantitative estimate of drug-likeness (QED) is 0.310. The third-order valence-corrected chi connectivity index (χ3v) is 12.1. The Kier molecular flexibility index (Phi) is 6.53. The van der Waals surface area contributed by atoms with Crippen LogP contribution < -0.4 is 0 Å². The first-order valence-corrected chi connectivity index (χ1v) is 14.2. The zero-order chi connectivity index (χ0) is 27.8. The molecule has 0 heterocycles. The average Bonchev–Trinajstić information content (AvgIpc) is 2.77. The summed E-state index contributed by atoms with van der Waals surface area (Å²) in [6.07, 6.45) is 8.69. The van der Waals surface area contributed by atoms with Crippen molar-refractivity contribution in [1.82, 2.24) is 0 Å². The van der Waals surface area contributed by atoms with Crippen molar-refractivity contribution >= 4 is 17.9 Å². The van der Waals surface area contributed by atoms with Crippen LogP contribution in [0.5, 0.6) is 0 Å². The maximum Gasteiger partial charge on any atom is 0.311 e. The summed E-state index contributed by atoms with van der Waals surface area (Å²) in [6.45, 7) is 15.1. The van der Waals surface area contributed by atoms with Crippen molar-refractivity contribution in [2.45, 2.75) is 106 Å². The topological polar surface area (TPSA) is 101 Å². The van der Waals surface area contributed by atoms with Crippen molar-refractivity contribution in [1.29, 1.82) is 0 Å². The van der Waals surface area contributed by atoms with Gasteiger partial charge in [0.1, 0.15) is 0 Å². The fourth-order valence-corrected chi connectivity index (χ4v) is 10.4. The molecule has 0 aliphatic heterocycles. The van der Waals surface area contributed by atoms with Gasteiger partial charge in [-0.1, -0.05) is 46.3 Å². The fraction of sp³-hybridized carbons (Fsp3) is 0.839. The van der Waals surface area contributed by atoms with Gasteiger partial charge in [-0.3, -0.25) is 14.4 Å². The number of hydrogen-bond acceptors (Lipinski definition) is 4. The molecule has 0 radical (unpaired) electrons. The molecule has 4 aliphatic rings. The molecule has 3 fully saturated rings. The van der Waals surface area contributed by atoms with Gasteiger partial charge in [0.15, 0.2) is 0 Å². The summed E-state index contributed by atoms with van der Waals surface area (Å²) in [7, 11) is 1.41. The van der Waals surface area contributed by atoms with Crippen LogP contribution in [0.4, 0.5) is 0 Å². The molecule has 37 heavy (non-hydrogen) atoms. The summed E-state index contributed by atoms with van der Waals surface area (Å²) in [5.74, 6) is -1.74. The Morgan fingerprint density at radius 3 is 2.11 bits per heavy atom. The number of fused-ring (bicyclic) bond motifs is 5. The number of carboxylic acids is 2. The summed E-state index contributed by atoms with van der Waals surface area (Å²) in [6, 6.07) is 0. The molecular formula is C31H48O6. The smallest absolute Gasteiger partial charge is 0.311 e. The number of aliphatic carboxylic acids is 2. The normalized spacial score (nSPS) is 42.9. The number of methoxy groups -OCH3 is 1. The van der Waals surface area contributed by atoms with Crippen molar-refractivity contribution < 1.29 is 29.3 Å². The van der Waals surface area contributed by atoms with E-state index in [2.05, 4.69) is 40.7 Å². The highest BCUT2D eigenvalue weighted by molar-refractivity contribution is 5.77. The minimum Gasteiger partial charge on any atom is -0.481 e. The Morgan fingerprint density at radius 1 is 0.946 bits per heavy atom. The first-order chi connectivity index (χ1) is 16.9. The number of ether oxygens (including phenoxy) is 1. The maximum atomic E-state index is 12.9. The lowest BCUT2D eigenvalue weighted by molar-refractivity contribution is -0.182. The van der Waals surface area contributed by atoms with E-state index in [9.17, 15) is 24.6 Å². The fourth-order valence-electron chi connectivity index (χ4n) is 10.4. The largest absolute Gasteiger partial charge is 0.481 e. The molecule has 7 atom stereocenters. The van der Waals surface area contributed by atoms with Gasteiger partial charge in [-0.25, -0.2) is 0 Å². The molecule has 0 aromatic rings. The first-order valence-electron chi connectivity index (χ1n) is 14.2. The van der Waals surface area contributed by atoms with E-state index in [1.807, 2.05) is 13.8 Å². The number of hydrogen-bond donors (Lipinski definition) is 2. The molecule has 0 saturated heterocycles. The molecule has 0 aromatic heterocycles. The lowest BCUT2D eigenvalue weighted by atomic mass is 9.35. The van der Waals surface area contributed by atoms with Crippen LogP contribution in [0.1, 0.15) is 106 Å². The molecule has 208 valence electrons. The van der Waals surface area contributed by atoms with Gasteiger partial charge < -0.3 is 14.9 Å². The van der Waals surface area contributed by atoms with Crippen LogP contribution in [-0.2, 0) is 19.1 Å². The van der Waals surface area contributed by atoms with E-state index in [1.165, 1.54) is 12.7 Å². The minimum absolute atomic E-state index is 0.0118. The first kappa shape index (κ1) is 28.2. The van der Waals surface area contributed by atoms with Crippen molar-refractivity contribution in [3.63, 3.8) is 0 Å². The summed E-state index contributed by atoms with van der Waals surface area (Å²) in [5.41, 5.74) is -1.10. The molecule has 0 amide bonds. The number of esters is 1. The highest BCUT2D eigenvalue weighted by Crippen LogP contribution is 2.74. The molecule has 2 N–H and O–H groups in total. The zero-order valence-corrected chi connectivity index (χ0v) is 24.2. The second-order valence-electron chi connectivity index (χ2n) is 15.0. The second kappa shape index (κ2) is 8.58.